The van der Waals surface area contributed by atoms with Crippen LogP contribution in [0.1, 0.15) is 17.2 Å². The first-order chi connectivity index (χ1) is 6.74. The zero-order chi connectivity index (χ0) is 10.1. The SMILES string of the molecule is O=C(O)N1Cc2ccccc2C1CO. The number of carboxylic acid groups (broad SMARTS) is 1. The molecule has 0 spiro atoms. The molecule has 0 fully saturated rings. The van der Waals surface area contributed by atoms with E-state index in [-0.39, 0.29) is 6.61 Å². The number of aliphatic hydroxyl groups is 1. The molecule has 0 bridgehead atoms. The van der Waals surface area contributed by atoms with Gasteiger partial charge in [0.15, 0.2) is 0 Å². The van der Waals surface area contributed by atoms with Crippen LogP contribution in [0.3, 0.4) is 0 Å². The second-order valence-electron chi connectivity index (χ2n) is 3.31. The van der Waals surface area contributed by atoms with E-state index in [4.69, 9.17) is 10.2 Å². The van der Waals surface area contributed by atoms with Gasteiger partial charge in [0, 0.05) is 0 Å². The molecule has 1 aliphatic rings. The molecule has 1 aromatic rings. The molecule has 74 valence electrons. The van der Waals surface area contributed by atoms with Gasteiger partial charge in [-0.25, -0.2) is 4.79 Å². The minimum Gasteiger partial charge on any atom is -0.465 e. The fraction of sp³-hybridized carbons (Fsp3) is 0.300. The molecule has 0 saturated heterocycles. The third kappa shape index (κ3) is 1.24. The topological polar surface area (TPSA) is 60.8 Å². The Balaban J connectivity index is 2.38. The number of carbonyl (C=O) groups is 1. The molecule has 0 aliphatic carbocycles. The molecule has 14 heavy (non-hydrogen) atoms. The highest BCUT2D eigenvalue weighted by Gasteiger charge is 2.32. The van der Waals surface area contributed by atoms with Crippen LogP contribution in [0.15, 0.2) is 24.3 Å². The van der Waals surface area contributed by atoms with E-state index in [1.807, 2.05) is 24.3 Å². The van der Waals surface area contributed by atoms with E-state index < -0.39 is 12.1 Å². The smallest absolute Gasteiger partial charge is 0.408 e. The van der Waals surface area contributed by atoms with Crippen molar-refractivity contribution in [2.75, 3.05) is 6.61 Å². The molecule has 2 rings (SSSR count). The van der Waals surface area contributed by atoms with Gasteiger partial charge in [-0.3, -0.25) is 4.90 Å². The number of amides is 1. The standard InChI is InChI=1S/C10H11NO3/c12-6-9-8-4-2-1-3-7(8)5-11(9)10(13)14/h1-4,9,12H,5-6H2,(H,13,14). The van der Waals surface area contributed by atoms with Gasteiger partial charge in [0.25, 0.3) is 0 Å². The Labute approximate surface area is 81.4 Å². The van der Waals surface area contributed by atoms with Gasteiger partial charge in [0.2, 0.25) is 0 Å². The maximum absolute atomic E-state index is 10.9. The molecular formula is C10H11NO3. The Hall–Kier alpha value is -1.55. The highest BCUT2D eigenvalue weighted by Crippen LogP contribution is 2.32. The van der Waals surface area contributed by atoms with Gasteiger partial charge >= 0.3 is 6.09 Å². The lowest BCUT2D eigenvalue weighted by Gasteiger charge is -2.19. The van der Waals surface area contributed by atoms with Crippen LogP contribution in [-0.2, 0) is 6.54 Å². The highest BCUT2D eigenvalue weighted by molar-refractivity contribution is 5.67. The summed E-state index contributed by atoms with van der Waals surface area (Å²) in [5.74, 6) is 0. The van der Waals surface area contributed by atoms with Crippen molar-refractivity contribution in [2.24, 2.45) is 0 Å². The average Bonchev–Trinajstić information content (AvgIpc) is 2.56. The van der Waals surface area contributed by atoms with E-state index >= 15 is 0 Å². The van der Waals surface area contributed by atoms with Crippen molar-refractivity contribution in [3.8, 4) is 0 Å². The zero-order valence-corrected chi connectivity index (χ0v) is 7.55. The Kier molecular flexibility index (Phi) is 2.13. The predicted octanol–water partition coefficient (Wildman–Crippen LogP) is 1.21. The molecular weight excluding hydrogens is 182 g/mol. The lowest BCUT2D eigenvalue weighted by molar-refractivity contribution is 0.104. The van der Waals surface area contributed by atoms with Crippen molar-refractivity contribution in [1.82, 2.24) is 4.90 Å². The van der Waals surface area contributed by atoms with Crippen LogP contribution in [0.5, 0.6) is 0 Å². The molecule has 1 aliphatic heterocycles. The van der Waals surface area contributed by atoms with E-state index in [1.165, 1.54) is 4.90 Å². The van der Waals surface area contributed by atoms with Crippen molar-refractivity contribution in [3.63, 3.8) is 0 Å². The summed E-state index contributed by atoms with van der Waals surface area (Å²) in [4.78, 5) is 12.1. The lowest BCUT2D eigenvalue weighted by atomic mass is 10.1. The molecule has 0 aromatic heterocycles. The molecule has 1 atom stereocenters. The number of nitrogens with zero attached hydrogens (tertiary/aromatic N) is 1. The molecule has 1 unspecified atom stereocenters. The third-order valence-corrected chi connectivity index (χ3v) is 2.55. The summed E-state index contributed by atoms with van der Waals surface area (Å²) < 4.78 is 0. The average molecular weight is 193 g/mol. The first-order valence-electron chi connectivity index (χ1n) is 4.42. The van der Waals surface area contributed by atoms with Gasteiger partial charge in [-0.2, -0.15) is 0 Å². The van der Waals surface area contributed by atoms with E-state index in [2.05, 4.69) is 0 Å². The van der Waals surface area contributed by atoms with Crippen LogP contribution in [0, 0.1) is 0 Å². The van der Waals surface area contributed by atoms with Gasteiger partial charge < -0.3 is 10.2 Å². The normalized spacial score (nSPS) is 19.5. The molecule has 0 saturated carbocycles. The Morgan fingerprint density at radius 3 is 2.86 bits per heavy atom. The van der Waals surface area contributed by atoms with E-state index in [9.17, 15) is 4.79 Å². The van der Waals surface area contributed by atoms with Crippen molar-refractivity contribution >= 4 is 6.09 Å². The van der Waals surface area contributed by atoms with Crippen LogP contribution in [0.2, 0.25) is 0 Å². The summed E-state index contributed by atoms with van der Waals surface area (Å²) in [6, 6.07) is 7.08. The number of fused-ring (bicyclic) bond motifs is 1. The van der Waals surface area contributed by atoms with Gasteiger partial charge in [-0.15, -0.1) is 0 Å². The van der Waals surface area contributed by atoms with Crippen molar-refractivity contribution in [2.45, 2.75) is 12.6 Å². The van der Waals surface area contributed by atoms with E-state index in [0.717, 1.165) is 11.1 Å². The second kappa shape index (κ2) is 3.31. The van der Waals surface area contributed by atoms with Crippen LogP contribution in [0.25, 0.3) is 0 Å². The van der Waals surface area contributed by atoms with E-state index in [0.29, 0.717) is 6.54 Å². The molecule has 1 amide bonds. The largest absolute Gasteiger partial charge is 0.465 e. The van der Waals surface area contributed by atoms with Crippen molar-refractivity contribution in [1.29, 1.82) is 0 Å². The molecule has 4 nitrogen and oxygen atoms in total. The zero-order valence-electron chi connectivity index (χ0n) is 7.55. The van der Waals surface area contributed by atoms with Crippen molar-refractivity contribution < 1.29 is 15.0 Å². The van der Waals surface area contributed by atoms with Gasteiger partial charge in [-0.1, -0.05) is 24.3 Å². The number of benzene rings is 1. The number of hydrogen-bond acceptors (Lipinski definition) is 2. The Morgan fingerprint density at radius 1 is 1.50 bits per heavy atom. The third-order valence-electron chi connectivity index (χ3n) is 2.55. The maximum Gasteiger partial charge on any atom is 0.408 e. The summed E-state index contributed by atoms with van der Waals surface area (Å²) in [7, 11) is 0. The fourth-order valence-electron chi connectivity index (χ4n) is 1.86. The summed E-state index contributed by atoms with van der Waals surface area (Å²) in [6.45, 7) is 0.208. The van der Waals surface area contributed by atoms with Crippen LogP contribution >= 0.6 is 0 Å². The minimum absolute atomic E-state index is 0.163. The quantitative estimate of drug-likeness (QED) is 0.704. The van der Waals surface area contributed by atoms with E-state index in [1.54, 1.807) is 0 Å². The molecule has 4 heteroatoms. The highest BCUT2D eigenvalue weighted by atomic mass is 16.4. The van der Waals surface area contributed by atoms with Gasteiger partial charge in [-0.05, 0) is 11.1 Å². The van der Waals surface area contributed by atoms with Crippen LogP contribution < -0.4 is 0 Å². The molecule has 1 aromatic carbocycles. The van der Waals surface area contributed by atoms with Crippen molar-refractivity contribution in [3.05, 3.63) is 35.4 Å². The molecule has 2 N–H and O–H groups in total. The minimum atomic E-state index is -0.986. The lowest BCUT2D eigenvalue weighted by Crippen LogP contribution is -2.29. The molecule has 0 radical (unpaired) electrons. The number of rotatable bonds is 1. The van der Waals surface area contributed by atoms with Gasteiger partial charge in [0.1, 0.15) is 0 Å². The van der Waals surface area contributed by atoms with Crippen LogP contribution in [-0.4, -0.2) is 27.8 Å². The summed E-state index contributed by atoms with van der Waals surface area (Å²) in [5, 5.41) is 18.0. The first-order valence-corrected chi connectivity index (χ1v) is 4.42. The first kappa shape index (κ1) is 9.02. The van der Waals surface area contributed by atoms with Gasteiger partial charge in [0.05, 0.1) is 19.2 Å². The maximum atomic E-state index is 10.9. The summed E-state index contributed by atoms with van der Waals surface area (Å²) >= 11 is 0. The molecule has 1 heterocycles. The number of hydrogen-bond donors (Lipinski definition) is 2. The Morgan fingerprint density at radius 2 is 2.21 bits per heavy atom. The summed E-state index contributed by atoms with van der Waals surface area (Å²) in [5.41, 5.74) is 1.89. The number of aliphatic hydroxyl groups excluding tert-OH is 1. The predicted molar refractivity (Wildman–Crippen MR) is 49.8 cm³/mol. The fourth-order valence-corrected chi connectivity index (χ4v) is 1.86. The van der Waals surface area contributed by atoms with Crippen LogP contribution in [0.4, 0.5) is 4.79 Å². The summed E-state index contributed by atoms with van der Waals surface area (Å²) in [6.07, 6.45) is -0.986. The second-order valence-corrected chi connectivity index (χ2v) is 3.31. The monoisotopic (exact) mass is 193 g/mol. The Bertz CT molecular complexity index is 364.